The summed E-state index contributed by atoms with van der Waals surface area (Å²) < 4.78 is 10.9. The molecule has 0 amide bonds. The SMILES string of the molecule is CCC1(O)c2cc(C#C[C@H]3O[C@H](CO)[C@@H](O)[C@H](O)[C@@H]3O)ccc2-c2ccc(C#C[C@H]3O[C@H](CO)[C@@H](O)[C@H](O)[C@@H]3O)cc21. The summed E-state index contributed by atoms with van der Waals surface area (Å²) in [6.45, 7) is 0.717. The summed E-state index contributed by atoms with van der Waals surface area (Å²) in [6.07, 6.45) is -13.1. The molecule has 9 N–H and O–H groups in total. The van der Waals surface area contributed by atoms with E-state index >= 15 is 0 Å². The van der Waals surface area contributed by atoms with Crippen LogP contribution in [0.25, 0.3) is 11.1 Å². The third kappa shape index (κ3) is 5.24. The van der Waals surface area contributed by atoms with Crippen molar-refractivity contribution >= 4 is 0 Å². The molecule has 2 aromatic carbocycles. The van der Waals surface area contributed by atoms with E-state index in [9.17, 15) is 46.0 Å². The van der Waals surface area contributed by atoms with Gasteiger partial charge in [-0.1, -0.05) is 42.7 Å². The number of aliphatic hydroxyl groups excluding tert-OH is 8. The van der Waals surface area contributed by atoms with E-state index in [4.69, 9.17) is 9.47 Å². The second kappa shape index (κ2) is 12.0. The first-order valence-electron chi connectivity index (χ1n) is 13.7. The van der Waals surface area contributed by atoms with Gasteiger partial charge in [-0.3, -0.25) is 0 Å². The second-order valence-corrected chi connectivity index (χ2v) is 10.8. The average Bonchev–Trinajstić information content (AvgIpc) is 3.25. The number of hydrogen-bond donors (Lipinski definition) is 9. The van der Waals surface area contributed by atoms with Crippen molar-refractivity contribution in [3.8, 4) is 34.8 Å². The van der Waals surface area contributed by atoms with Crippen molar-refractivity contribution in [1.82, 2.24) is 0 Å². The summed E-state index contributed by atoms with van der Waals surface area (Å²) in [4.78, 5) is 0. The molecule has 11 nitrogen and oxygen atoms in total. The van der Waals surface area contributed by atoms with Crippen molar-refractivity contribution in [1.29, 1.82) is 0 Å². The zero-order chi connectivity index (χ0) is 30.3. The molecule has 0 saturated carbocycles. The van der Waals surface area contributed by atoms with Crippen LogP contribution in [-0.2, 0) is 15.1 Å². The lowest BCUT2D eigenvalue weighted by Gasteiger charge is -2.37. The summed E-state index contributed by atoms with van der Waals surface area (Å²) in [5.41, 5.74) is 2.44. The average molecular weight is 583 g/mol. The van der Waals surface area contributed by atoms with E-state index < -0.39 is 79.9 Å². The fraction of sp³-hybridized carbons (Fsp3) is 0.484. The van der Waals surface area contributed by atoms with Gasteiger partial charge in [-0.05, 0) is 52.9 Å². The lowest BCUT2D eigenvalue weighted by Crippen LogP contribution is -2.58. The molecule has 42 heavy (non-hydrogen) atoms. The molecule has 2 aliphatic heterocycles. The Balaban J connectivity index is 1.41. The number of benzene rings is 2. The van der Waals surface area contributed by atoms with Gasteiger partial charge in [-0.15, -0.1) is 0 Å². The fourth-order valence-electron chi connectivity index (χ4n) is 5.67. The molecular weight excluding hydrogens is 548 g/mol. The Bertz CT molecular complexity index is 1330. The molecule has 3 aliphatic rings. The smallest absolute Gasteiger partial charge is 0.147 e. The zero-order valence-electron chi connectivity index (χ0n) is 22.7. The summed E-state index contributed by atoms with van der Waals surface area (Å²) in [7, 11) is 0. The van der Waals surface area contributed by atoms with E-state index in [0.717, 1.165) is 11.1 Å². The van der Waals surface area contributed by atoms with Gasteiger partial charge >= 0.3 is 0 Å². The van der Waals surface area contributed by atoms with E-state index in [1.54, 1.807) is 24.3 Å². The predicted octanol–water partition coefficient (Wildman–Crippen LogP) is -2.30. The maximum Gasteiger partial charge on any atom is 0.147 e. The number of ether oxygens (including phenoxy) is 2. The zero-order valence-corrected chi connectivity index (χ0v) is 22.7. The topological polar surface area (TPSA) is 201 Å². The van der Waals surface area contributed by atoms with Crippen LogP contribution in [0.5, 0.6) is 0 Å². The highest BCUT2D eigenvalue weighted by atomic mass is 16.5. The van der Waals surface area contributed by atoms with Gasteiger partial charge in [0.2, 0.25) is 0 Å². The Kier molecular flexibility index (Phi) is 8.75. The predicted molar refractivity (Wildman–Crippen MR) is 146 cm³/mol. The monoisotopic (exact) mass is 582 g/mol. The van der Waals surface area contributed by atoms with E-state index in [1.165, 1.54) is 0 Å². The molecule has 11 heteroatoms. The van der Waals surface area contributed by atoms with Gasteiger partial charge in [0.15, 0.2) is 0 Å². The van der Waals surface area contributed by atoms with Gasteiger partial charge in [0.1, 0.15) is 66.6 Å². The Morgan fingerprint density at radius 2 is 1.05 bits per heavy atom. The maximum absolute atomic E-state index is 11.8. The largest absolute Gasteiger partial charge is 0.394 e. The summed E-state index contributed by atoms with van der Waals surface area (Å²) in [6, 6.07) is 10.6. The van der Waals surface area contributed by atoms with Crippen LogP contribution in [0, 0.1) is 23.7 Å². The van der Waals surface area contributed by atoms with Crippen LogP contribution in [0.1, 0.15) is 35.6 Å². The number of fused-ring (bicyclic) bond motifs is 3. The molecule has 0 aromatic heterocycles. The number of rotatable bonds is 3. The lowest BCUT2D eigenvalue weighted by molar-refractivity contribution is -0.214. The second-order valence-electron chi connectivity index (χ2n) is 10.8. The fourth-order valence-corrected chi connectivity index (χ4v) is 5.67. The Labute approximate surface area is 242 Å². The van der Waals surface area contributed by atoms with E-state index in [2.05, 4.69) is 23.7 Å². The lowest BCUT2D eigenvalue weighted by atomic mass is 9.87. The quantitative estimate of drug-likeness (QED) is 0.176. The molecule has 0 radical (unpaired) electrons. The molecule has 0 unspecified atom stereocenters. The Morgan fingerprint density at radius 3 is 1.40 bits per heavy atom. The molecule has 10 atom stereocenters. The van der Waals surface area contributed by atoms with Crippen molar-refractivity contribution in [2.45, 2.75) is 80.0 Å². The summed E-state index contributed by atoms with van der Waals surface area (Å²) in [5.74, 6) is 11.3. The molecule has 5 rings (SSSR count). The van der Waals surface area contributed by atoms with Crippen LogP contribution in [0.15, 0.2) is 36.4 Å². The third-order valence-corrected chi connectivity index (χ3v) is 8.23. The normalized spacial score (nSPS) is 34.8. The highest BCUT2D eigenvalue weighted by Crippen LogP contribution is 2.49. The number of aliphatic hydroxyl groups is 9. The molecule has 1 aliphatic carbocycles. The first-order valence-corrected chi connectivity index (χ1v) is 13.7. The minimum absolute atomic E-state index is 0.320. The highest BCUT2D eigenvalue weighted by Gasteiger charge is 2.44. The van der Waals surface area contributed by atoms with Crippen molar-refractivity contribution in [2.24, 2.45) is 0 Å². The minimum Gasteiger partial charge on any atom is -0.394 e. The summed E-state index contributed by atoms with van der Waals surface area (Å²) in [5, 5.41) is 91.3. The molecule has 0 bridgehead atoms. The molecule has 2 fully saturated rings. The standard InChI is InChI=1S/C31H34O11/c1-2-31(40)19-11-15(5-9-21-25(34)29(38)27(36)23(13-32)41-21)3-7-17(19)18-8-4-16(12-20(18)31)6-10-22-26(35)30(39)28(37)24(14-33)42-22/h3-4,7-8,11-12,21-30,32-40H,2,13-14H2,1H3/t21-,22-,23-,24-,25-,26-,27-,28-,29-,30-/m1/s1. The van der Waals surface area contributed by atoms with Crippen LogP contribution in [-0.4, -0.2) is 120 Å². The minimum atomic E-state index is -1.53. The van der Waals surface area contributed by atoms with Crippen LogP contribution in [0.3, 0.4) is 0 Å². The molecular formula is C31H34O11. The van der Waals surface area contributed by atoms with Gasteiger partial charge in [0.25, 0.3) is 0 Å². The van der Waals surface area contributed by atoms with Crippen LogP contribution in [0.4, 0.5) is 0 Å². The first-order chi connectivity index (χ1) is 20.0. The first kappa shape index (κ1) is 30.6. The van der Waals surface area contributed by atoms with E-state index in [1.807, 2.05) is 19.1 Å². The Morgan fingerprint density at radius 1 is 0.643 bits per heavy atom. The molecule has 2 heterocycles. The van der Waals surface area contributed by atoms with Crippen molar-refractivity contribution < 1.29 is 55.4 Å². The highest BCUT2D eigenvalue weighted by molar-refractivity contribution is 5.81. The van der Waals surface area contributed by atoms with Crippen molar-refractivity contribution in [3.63, 3.8) is 0 Å². The summed E-state index contributed by atoms with van der Waals surface area (Å²) >= 11 is 0. The van der Waals surface area contributed by atoms with Crippen LogP contribution < -0.4 is 0 Å². The molecule has 0 spiro atoms. The number of hydrogen-bond acceptors (Lipinski definition) is 11. The van der Waals surface area contributed by atoms with Crippen LogP contribution in [0.2, 0.25) is 0 Å². The van der Waals surface area contributed by atoms with E-state index in [-0.39, 0.29) is 0 Å². The maximum atomic E-state index is 11.8. The van der Waals surface area contributed by atoms with Gasteiger partial charge in [0.05, 0.1) is 13.2 Å². The molecule has 224 valence electrons. The van der Waals surface area contributed by atoms with Crippen LogP contribution >= 0.6 is 0 Å². The van der Waals surface area contributed by atoms with Gasteiger partial charge in [0, 0.05) is 11.1 Å². The van der Waals surface area contributed by atoms with Crippen molar-refractivity contribution in [2.75, 3.05) is 13.2 Å². The van der Waals surface area contributed by atoms with Gasteiger partial charge in [-0.25, -0.2) is 0 Å². The van der Waals surface area contributed by atoms with E-state index in [0.29, 0.717) is 28.7 Å². The van der Waals surface area contributed by atoms with Crippen molar-refractivity contribution in [3.05, 3.63) is 58.7 Å². The Hall–Kier alpha value is -2.88. The van der Waals surface area contributed by atoms with Gasteiger partial charge < -0.3 is 55.4 Å². The van der Waals surface area contributed by atoms with Gasteiger partial charge in [-0.2, -0.15) is 0 Å². The molecule has 2 aromatic rings. The molecule has 2 saturated heterocycles. The third-order valence-electron chi connectivity index (χ3n) is 8.23.